The van der Waals surface area contributed by atoms with Gasteiger partial charge in [-0.15, -0.1) is 0 Å². The molecule has 1 unspecified atom stereocenters. The second-order valence-electron chi connectivity index (χ2n) is 7.39. The van der Waals surface area contributed by atoms with E-state index in [1.54, 1.807) is 0 Å². The maximum atomic E-state index is 14.5. The Hall–Kier alpha value is -2.25. The largest absolute Gasteiger partial charge is 0.484 e. The molecule has 150 valence electrons. The minimum absolute atomic E-state index is 0.127. The van der Waals surface area contributed by atoms with Crippen LogP contribution in [-0.4, -0.2) is 47.3 Å². The van der Waals surface area contributed by atoms with Crippen LogP contribution in [0.2, 0.25) is 0 Å². The summed E-state index contributed by atoms with van der Waals surface area (Å²) in [6.45, 7) is 7.09. The van der Waals surface area contributed by atoms with Gasteiger partial charge in [0.15, 0.2) is 5.75 Å². The zero-order valence-electron chi connectivity index (χ0n) is 16.4. The lowest BCUT2D eigenvalue weighted by Gasteiger charge is -2.36. The molecule has 0 spiro atoms. The van der Waals surface area contributed by atoms with Crippen LogP contribution in [0.1, 0.15) is 42.8 Å². The molecule has 1 atom stereocenters. The first-order valence-electron chi connectivity index (χ1n) is 9.83. The fourth-order valence-corrected chi connectivity index (χ4v) is 3.66. The van der Waals surface area contributed by atoms with Crippen molar-refractivity contribution in [3.05, 3.63) is 47.2 Å². The summed E-state index contributed by atoms with van der Waals surface area (Å²) in [6, 6.07) is 5.31. The molecule has 2 aromatic rings. The van der Waals surface area contributed by atoms with E-state index in [0.29, 0.717) is 37.1 Å². The van der Waals surface area contributed by atoms with Crippen molar-refractivity contribution in [1.82, 2.24) is 14.9 Å². The Morgan fingerprint density at radius 3 is 2.79 bits per heavy atom. The van der Waals surface area contributed by atoms with Gasteiger partial charge >= 0.3 is 0 Å². The molecular weight excluding hydrogens is 361 g/mol. The van der Waals surface area contributed by atoms with E-state index in [-0.39, 0.29) is 18.0 Å². The number of nitrogens with zero attached hydrogens (tertiary/aromatic N) is 3. The van der Waals surface area contributed by atoms with Crippen molar-refractivity contribution in [3.8, 4) is 11.6 Å². The average Bonchev–Trinajstić information content (AvgIpc) is 2.73. The lowest BCUT2D eigenvalue weighted by Crippen LogP contribution is -2.39. The number of piperidine rings is 1. The zero-order valence-corrected chi connectivity index (χ0v) is 16.4. The van der Waals surface area contributed by atoms with Gasteiger partial charge in [0.05, 0.1) is 24.4 Å². The molecule has 0 N–H and O–H groups in total. The predicted octanol–water partition coefficient (Wildman–Crippen LogP) is 3.44. The molecule has 1 saturated heterocycles. The van der Waals surface area contributed by atoms with Crippen molar-refractivity contribution in [2.75, 3.05) is 26.3 Å². The van der Waals surface area contributed by atoms with Crippen LogP contribution < -0.4 is 9.47 Å². The van der Waals surface area contributed by atoms with Crippen LogP contribution in [0.15, 0.2) is 24.4 Å². The Morgan fingerprint density at radius 2 is 2.04 bits per heavy atom. The first-order valence-corrected chi connectivity index (χ1v) is 9.83. The van der Waals surface area contributed by atoms with Crippen LogP contribution in [0, 0.1) is 12.7 Å². The SMILES string of the molecule is Cc1ccc(COC2CCN(C(C)c3nc4c(cc3F)OCCO4)CC2)cn1. The topological polar surface area (TPSA) is 56.7 Å². The highest BCUT2D eigenvalue weighted by atomic mass is 19.1. The summed E-state index contributed by atoms with van der Waals surface area (Å²) in [5, 5.41) is 0. The quantitative estimate of drug-likeness (QED) is 0.783. The number of likely N-dealkylation sites (tertiary alicyclic amines) is 1. The maximum absolute atomic E-state index is 14.5. The number of rotatable bonds is 5. The second-order valence-corrected chi connectivity index (χ2v) is 7.39. The molecule has 0 amide bonds. The van der Waals surface area contributed by atoms with Gasteiger partial charge < -0.3 is 14.2 Å². The van der Waals surface area contributed by atoms with Crippen LogP contribution in [0.5, 0.6) is 11.6 Å². The fraction of sp³-hybridized carbons (Fsp3) is 0.524. The van der Waals surface area contributed by atoms with Crippen molar-refractivity contribution in [2.45, 2.75) is 45.4 Å². The van der Waals surface area contributed by atoms with E-state index in [9.17, 15) is 4.39 Å². The van der Waals surface area contributed by atoms with Crippen molar-refractivity contribution in [2.24, 2.45) is 0 Å². The number of aromatic nitrogens is 2. The first kappa shape index (κ1) is 19.1. The third-order valence-electron chi connectivity index (χ3n) is 5.39. The number of aryl methyl sites for hydroxylation is 1. The summed E-state index contributed by atoms with van der Waals surface area (Å²) < 4.78 is 31.5. The van der Waals surface area contributed by atoms with E-state index < -0.39 is 0 Å². The molecule has 0 aromatic carbocycles. The molecule has 0 aliphatic carbocycles. The molecule has 2 aliphatic heterocycles. The number of ether oxygens (including phenoxy) is 3. The van der Waals surface area contributed by atoms with E-state index in [0.717, 1.165) is 37.2 Å². The lowest BCUT2D eigenvalue weighted by molar-refractivity contribution is -0.0106. The number of hydrogen-bond acceptors (Lipinski definition) is 6. The van der Waals surface area contributed by atoms with Gasteiger partial charge in [0.25, 0.3) is 5.88 Å². The minimum atomic E-state index is -0.345. The molecule has 6 nitrogen and oxygen atoms in total. The van der Waals surface area contributed by atoms with Gasteiger partial charge in [-0.1, -0.05) is 6.07 Å². The monoisotopic (exact) mass is 387 g/mol. The Kier molecular flexibility index (Phi) is 5.73. The summed E-state index contributed by atoms with van der Waals surface area (Å²) in [6.07, 6.45) is 3.90. The smallest absolute Gasteiger partial charge is 0.257 e. The van der Waals surface area contributed by atoms with Gasteiger partial charge in [-0.2, -0.15) is 0 Å². The molecule has 0 bridgehead atoms. The van der Waals surface area contributed by atoms with Gasteiger partial charge in [-0.3, -0.25) is 9.88 Å². The molecular formula is C21H26FN3O3. The molecule has 2 aliphatic rings. The van der Waals surface area contributed by atoms with Crippen molar-refractivity contribution < 1.29 is 18.6 Å². The average molecular weight is 387 g/mol. The highest BCUT2D eigenvalue weighted by molar-refractivity contribution is 5.37. The Labute approximate surface area is 164 Å². The van der Waals surface area contributed by atoms with E-state index in [1.165, 1.54) is 6.07 Å². The molecule has 28 heavy (non-hydrogen) atoms. The maximum Gasteiger partial charge on any atom is 0.257 e. The summed E-state index contributed by atoms with van der Waals surface area (Å²) in [4.78, 5) is 10.9. The minimum Gasteiger partial charge on any atom is -0.484 e. The van der Waals surface area contributed by atoms with E-state index in [1.807, 2.05) is 26.1 Å². The normalized spacial score (nSPS) is 18.8. The summed E-state index contributed by atoms with van der Waals surface area (Å²) in [5.74, 6) is 0.429. The number of hydrogen-bond donors (Lipinski definition) is 0. The van der Waals surface area contributed by atoms with E-state index >= 15 is 0 Å². The van der Waals surface area contributed by atoms with Crippen molar-refractivity contribution >= 4 is 0 Å². The predicted molar refractivity (Wildman–Crippen MR) is 102 cm³/mol. The Morgan fingerprint density at radius 1 is 1.25 bits per heavy atom. The number of pyridine rings is 2. The number of fused-ring (bicyclic) bond motifs is 1. The molecule has 7 heteroatoms. The van der Waals surface area contributed by atoms with Crippen LogP contribution in [-0.2, 0) is 11.3 Å². The Bertz CT molecular complexity index is 807. The molecule has 2 aromatic heterocycles. The van der Waals surface area contributed by atoms with Crippen molar-refractivity contribution in [3.63, 3.8) is 0 Å². The fourth-order valence-electron chi connectivity index (χ4n) is 3.66. The van der Waals surface area contributed by atoms with E-state index in [2.05, 4.69) is 20.9 Å². The third kappa shape index (κ3) is 4.25. The van der Waals surface area contributed by atoms with Gasteiger partial charge in [0.2, 0.25) is 0 Å². The lowest BCUT2D eigenvalue weighted by atomic mass is 10.0. The first-order chi connectivity index (χ1) is 13.6. The Balaban J connectivity index is 1.32. The van der Waals surface area contributed by atoms with Crippen LogP contribution in [0.4, 0.5) is 4.39 Å². The summed E-state index contributed by atoms with van der Waals surface area (Å²) in [7, 11) is 0. The van der Waals surface area contributed by atoms with Crippen molar-refractivity contribution in [1.29, 1.82) is 0 Å². The van der Waals surface area contributed by atoms with Crippen LogP contribution in [0.25, 0.3) is 0 Å². The van der Waals surface area contributed by atoms with Gasteiger partial charge in [-0.05, 0) is 38.3 Å². The molecule has 0 saturated carbocycles. The zero-order chi connectivity index (χ0) is 19.5. The van der Waals surface area contributed by atoms with Gasteiger partial charge in [-0.25, -0.2) is 9.37 Å². The molecule has 0 radical (unpaired) electrons. The summed E-state index contributed by atoms with van der Waals surface area (Å²) in [5.41, 5.74) is 2.50. The molecule has 4 heterocycles. The van der Waals surface area contributed by atoms with Crippen LogP contribution >= 0.6 is 0 Å². The molecule has 1 fully saturated rings. The molecule has 4 rings (SSSR count). The summed E-state index contributed by atoms with van der Waals surface area (Å²) >= 11 is 0. The standard InChI is InChI=1S/C21H26FN3O3/c1-14-3-4-16(12-23-14)13-28-17-5-7-25(8-6-17)15(2)20-18(22)11-19-21(24-20)27-10-9-26-19/h3-4,11-12,15,17H,5-10,13H2,1-2H3. The number of halogens is 1. The van der Waals surface area contributed by atoms with E-state index in [4.69, 9.17) is 14.2 Å². The van der Waals surface area contributed by atoms with Crippen LogP contribution in [0.3, 0.4) is 0 Å². The highest BCUT2D eigenvalue weighted by Crippen LogP contribution is 2.33. The van der Waals surface area contributed by atoms with Gasteiger partial charge in [0.1, 0.15) is 19.0 Å². The van der Waals surface area contributed by atoms with Gasteiger partial charge in [0, 0.05) is 31.0 Å². The third-order valence-corrected chi connectivity index (χ3v) is 5.39. The second kappa shape index (κ2) is 8.41. The highest BCUT2D eigenvalue weighted by Gasteiger charge is 2.28.